The number of aryl methyl sites for hydroxylation is 1. The molecule has 0 unspecified atom stereocenters. The second kappa shape index (κ2) is 6.84. The van der Waals surface area contributed by atoms with E-state index in [1.165, 1.54) is 16.2 Å². The minimum Gasteiger partial charge on any atom is -0.497 e. The Hall–Kier alpha value is -2.79. The summed E-state index contributed by atoms with van der Waals surface area (Å²) in [5.74, 6) is 1.82. The number of anilines is 1. The molecule has 134 valence electrons. The summed E-state index contributed by atoms with van der Waals surface area (Å²) in [6.07, 6.45) is 2.99. The number of hydrogen-bond acceptors (Lipinski definition) is 4. The Morgan fingerprint density at radius 1 is 1.08 bits per heavy atom. The molecule has 0 saturated heterocycles. The van der Waals surface area contributed by atoms with Gasteiger partial charge in [0.2, 0.25) is 0 Å². The maximum absolute atomic E-state index is 5.36. The monoisotopic (exact) mass is 348 g/mol. The van der Waals surface area contributed by atoms with E-state index in [-0.39, 0.29) is 0 Å². The second-order valence-corrected chi connectivity index (χ2v) is 6.62. The van der Waals surface area contributed by atoms with Crippen LogP contribution in [0.2, 0.25) is 0 Å². The summed E-state index contributed by atoms with van der Waals surface area (Å²) in [4.78, 5) is 8.30. The second-order valence-electron chi connectivity index (χ2n) is 6.62. The van der Waals surface area contributed by atoms with Gasteiger partial charge in [-0.25, -0.2) is 4.98 Å². The molecule has 0 atom stereocenters. The zero-order valence-corrected chi connectivity index (χ0v) is 15.4. The van der Waals surface area contributed by atoms with E-state index in [0.29, 0.717) is 0 Å². The van der Waals surface area contributed by atoms with Crippen LogP contribution in [0.25, 0.3) is 32.6 Å². The number of rotatable bonds is 6. The van der Waals surface area contributed by atoms with E-state index < -0.39 is 0 Å². The highest BCUT2D eigenvalue weighted by atomic mass is 16.5. The molecule has 5 nitrogen and oxygen atoms in total. The Morgan fingerprint density at radius 3 is 2.73 bits per heavy atom. The molecular formula is C21H24N4O. The lowest BCUT2D eigenvalue weighted by Gasteiger charge is -2.08. The van der Waals surface area contributed by atoms with Gasteiger partial charge in [0.05, 0.1) is 23.5 Å². The molecule has 4 rings (SSSR count). The van der Waals surface area contributed by atoms with Crippen molar-refractivity contribution in [2.75, 3.05) is 32.6 Å². The van der Waals surface area contributed by atoms with Crippen molar-refractivity contribution in [3.8, 4) is 5.75 Å². The zero-order chi connectivity index (χ0) is 18.1. The van der Waals surface area contributed by atoms with E-state index in [1.807, 2.05) is 19.3 Å². The summed E-state index contributed by atoms with van der Waals surface area (Å²) in [6.45, 7) is 3.98. The van der Waals surface area contributed by atoms with E-state index in [4.69, 9.17) is 4.74 Å². The van der Waals surface area contributed by atoms with Crippen molar-refractivity contribution in [3.05, 3.63) is 42.1 Å². The third-order valence-corrected chi connectivity index (χ3v) is 4.91. The van der Waals surface area contributed by atoms with Crippen molar-refractivity contribution < 1.29 is 4.74 Å². The smallest absolute Gasteiger partial charge is 0.136 e. The number of ether oxygens (including phenoxy) is 1. The lowest BCUT2D eigenvalue weighted by atomic mass is 10.1. The molecule has 2 aromatic heterocycles. The van der Waals surface area contributed by atoms with Crippen LogP contribution in [0.4, 0.5) is 5.82 Å². The highest BCUT2D eigenvalue weighted by Crippen LogP contribution is 2.36. The van der Waals surface area contributed by atoms with Crippen LogP contribution < -0.4 is 15.4 Å². The highest BCUT2D eigenvalue weighted by Gasteiger charge is 2.14. The largest absolute Gasteiger partial charge is 0.497 e. The maximum atomic E-state index is 5.36. The molecule has 26 heavy (non-hydrogen) atoms. The molecule has 0 radical (unpaired) electrons. The molecule has 2 heterocycles. The van der Waals surface area contributed by atoms with Crippen LogP contribution in [0.3, 0.4) is 0 Å². The van der Waals surface area contributed by atoms with Crippen molar-refractivity contribution in [1.29, 1.82) is 0 Å². The molecule has 0 aliphatic heterocycles. The number of methoxy groups -OCH3 is 1. The van der Waals surface area contributed by atoms with Gasteiger partial charge in [-0.1, -0.05) is 12.1 Å². The van der Waals surface area contributed by atoms with Gasteiger partial charge in [0.15, 0.2) is 0 Å². The van der Waals surface area contributed by atoms with E-state index >= 15 is 0 Å². The van der Waals surface area contributed by atoms with Gasteiger partial charge in [0, 0.05) is 23.5 Å². The van der Waals surface area contributed by atoms with Crippen molar-refractivity contribution in [2.24, 2.45) is 0 Å². The molecule has 5 heteroatoms. The fraction of sp³-hybridized carbons (Fsp3) is 0.286. The van der Waals surface area contributed by atoms with Gasteiger partial charge >= 0.3 is 0 Å². The number of aromatic nitrogens is 2. The Kier molecular flexibility index (Phi) is 4.39. The van der Waals surface area contributed by atoms with Gasteiger partial charge in [0.1, 0.15) is 11.6 Å². The Morgan fingerprint density at radius 2 is 1.92 bits per heavy atom. The molecule has 0 aliphatic carbocycles. The van der Waals surface area contributed by atoms with Gasteiger partial charge in [0.25, 0.3) is 0 Å². The Labute approximate surface area is 152 Å². The third-order valence-electron chi connectivity index (χ3n) is 4.91. The Balaban J connectivity index is 1.90. The number of aromatic amines is 1. The van der Waals surface area contributed by atoms with Crippen molar-refractivity contribution in [1.82, 2.24) is 15.3 Å². The van der Waals surface area contributed by atoms with Gasteiger partial charge in [-0.2, -0.15) is 0 Å². The minimum absolute atomic E-state index is 0.873. The summed E-state index contributed by atoms with van der Waals surface area (Å²) in [5.41, 5.74) is 3.45. The zero-order valence-electron chi connectivity index (χ0n) is 15.4. The molecule has 0 amide bonds. The van der Waals surface area contributed by atoms with Crippen LogP contribution in [-0.4, -0.2) is 37.2 Å². The number of H-pyrrole nitrogens is 1. The number of nitrogens with zero attached hydrogens (tertiary/aromatic N) is 1. The van der Waals surface area contributed by atoms with Crippen LogP contribution in [0, 0.1) is 6.92 Å². The number of benzene rings is 2. The molecule has 0 fully saturated rings. The molecule has 4 aromatic rings. The molecule has 3 N–H and O–H groups in total. The number of nitrogens with one attached hydrogen (secondary N) is 3. The first-order chi connectivity index (χ1) is 12.7. The maximum Gasteiger partial charge on any atom is 0.136 e. The molecule has 0 spiro atoms. The molecular weight excluding hydrogens is 324 g/mol. The third kappa shape index (κ3) is 2.74. The Bertz CT molecular complexity index is 1080. The lowest BCUT2D eigenvalue weighted by Crippen LogP contribution is -2.13. The van der Waals surface area contributed by atoms with E-state index in [9.17, 15) is 0 Å². The fourth-order valence-corrected chi connectivity index (χ4v) is 3.54. The lowest BCUT2D eigenvalue weighted by molar-refractivity contribution is 0.415. The number of pyridine rings is 1. The van der Waals surface area contributed by atoms with Crippen LogP contribution in [-0.2, 0) is 0 Å². The van der Waals surface area contributed by atoms with E-state index in [1.54, 1.807) is 7.11 Å². The molecule has 2 aromatic carbocycles. The van der Waals surface area contributed by atoms with E-state index in [0.717, 1.165) is 53.1 Å². The van der Waals surface area contributed by atoms with Crippen molar-refractivity contribution in [2.45, 2.75) is 13.3 Å². The van der Waals surface area contributed by atoms with Crippen LogP contribution >= 0.6 is 0 Å². The van der Waals surface area contributed by atoms with Crippen molar-refractivity contribution >= 4 is 38.4 Å². The van der Waals surface area contributed by atoms with Crippen LogP contribution in [0.1, 0.15) is 12.0 Å². The van der Waals surface area contributed by atoms with Gasteiger partial charge in [-0.15, -0.1) is 0 Å². The summed E-state index contributed by atoms with van der Waals surface area (Å²) in [7, 11) is 3.67. The minimum atomic E-state index is 0.873. The first-order valence-corrected chi connectivity index (χ1v) is 8.99. The number of fused-ring (bicyclic) bond motifs is 5. The molecule has 0 bridgehead atoms. The van der Waals surface area contributed by atoms with Gasteiger partial charge in [-0.3, -0.25) is 0 Å². The molecule has 0 saturated carbocycles. The molecule has 0 aliphatic rings. The highest BCUT2D eigenvalue weighted by molar-refractivity contribution is 6.20. The first kappa shape index (κ1) is 16.7. The quantitative estimate of drug-likeness (QED) is 0.457. The fourth-order valence-electron chi connectivity index (χ4n) is 3.54. The summed E-state index contributed by atoms with van der Waals surface area (Å²) >= 11 is 0. The topological polar surface area (TPSA) is 62.0 Å². The SMILES string of the molecule is CNCCCNc1ncc(C)c2[nH]c3c4ccc(OC)cc4ccc3c12. The normalized spacial score (nSPS) is 11.5. The van der Waals surface area contributed by atoms with Crippen LogP contribution in [0.15, 0.2) is 36.5 Å². The van der Waals surface area contributed by atoms with Crippen LogP contribution in [0.5, 0.6) is 5.75 Å². The van der Waals surface area contributed by atoms with Gasteiger partial charge in [-0.05, 0) is 56.1 Å². The van der Waals surface area contributed by atoms with Crippen molar-refractivity contribution in [3.63, 3.8) is 0 Å². The summed E-state index contributed by atoms with van der Waals surface area (Å²) in [6, 6.07) is 10.5. The van der Waals surface area contributed by atoms with E-state index in [2.05, 4.69) is 51.8 Å². The number of hydrogen-bond donors (Lipinski definition) is 3. The summed E-state index contributed by atoms with van der Waals surface area (Å²) in [5, 5.41) is 11.4. The van der Waals surface area contributed by atoms with Gasteiger partial charge < -0.3 is 20.4 Å². The summed E-state index contributed by atoms with van der Waals surface area (Å²) < 4.78 is 5.36. The predicted molar refractivity (Wildman–Crippen MR) is 109 cm³/mol. The first-order valence-electron chi connectivity index (χ1n) is 8.99. The standard InChI is InChI=1S/C21H24N4O/c1-13-12-24-21(23-10-4-9-22-2)18-17-7-5-14-11-15(26-3)6-8-16(14)20(17)25-19(13)18/h5-8,11-12,22,25H,4,9-10H2,1-3H3,(H,23,24). The average Bonchev–Trinajstić information content (AvgIpc) is 3.07. The average molecular weight is 348 g/mol. The predicted octanol–water partition coefficient (Wildman–Crippen LogP) is 4.21.